The third-order valence-electron chi connectivity index (χ3n) is 5.38. The highest BCUT2D eigenvalue weighted by Gasteiger charge is 2.19. The number of ether oxygens (including phenoxy) is 3. The highest BCUT2D eigenvalue weighted by Crippen LogP contribution is 2.31. The van der Waals surface area contributed by atoms with Crippen molar-refractivity contribution in [3.63, 3.8) is 0 Å². The molecule has 162 valence electrons. The zero-order chi connectivity index (χ0) is 21.4. The number of carbonyl (C=O) groups excluding carboxylic acids is 1. The fourth-order valence-electron chi connectivity index (χ4n) is 3.43. The summed E-state index contributed by atoms with van der Waals surface area (Å²) in [4.78, 5) is 17.5. The average molecular weight is 443 g/mol. The molecule has 0 spiro atoms. The fraction of sp³-hybridized carbons (Fsp3) is 0.400. The minimum Gasteiger partial charge on any atom is -0.495 e. The van der Waals surface area contributed by atoms with Crippen LogP contribution in [0.2, 0.25) is 0 Å². The van der Waals surface area contributed by atoms with Crippen molar-refractivity contribution in [1.82, 2.24) is 29.5 Å². The van der Waals surface area contributed by atoms with Crippen LogP contribution >= 0.6 is 11.3 Å². The minimum atomic E-state index is -0.137. The third kappa shape index (κ3) is 3.88. The molecule has 0 aromatic carbocycles. The molecule has 10 nitrogen and oxygen atoms in total. The van der Waals surface area contributed by atoms with Crippen LogP contribution in [0.15, 0.2) is 24.5 Å². The van der Waals surface area contributed by atoms with Gasteiger partial charge in [-0.3, -0.25) is 4.79 Å². The van der Waals surface area contributed by atoms with E-state index in [4.69, 9.17) is 14.2 Å². The lowest BCUT2D eigenvalue weighted by Crippen LogP contribution is -2.35. The number of methoxy groups -OCH3 is 2. The largest absolute Gasteiger partial charge is 0.495 e. The van der Waals surface area contributed by atoms with Gasteiger partial charge in [0.15, 0.2) is 6.61 Å². The summed E-state index contributed by atoms with van der Waals surface area (Å²) in [6, 6.07) is 3.61. The molecule has 1 aliphatic carbocycles. The van der Waals surface area contributed by atoms with Gasteiger partial charge in [-0.15, -0.1) is 5.10 Å². The smallest absolute Gasteiger partial charge is 0.294 e. The molecular formula is C20H22N6O4S. The number of rotatable bonds is 8. The van der Waals surface area contributed by atoms with E-state index < -0.39 is 0 Å². The summed E-state index contributed by atoms with van der Waals surface area (Å²) in [5.74, 6) is 1.55. The van der Waals surface area contributed by atoms with Gasteiger partial charge in [0.25, 0.3) is 11.1 Å². The van der Waals surface area contributed by atoms with Gasteiger partial charge in [-0.25, -0.2) is 14.0 Å². The van der Waals surface area contributed by atoms with E-state index >= 15 is 0 Å². The van der Waals surface area contributed by atoms with E-state index in [0.29, 0.717) is 51.0 Å². The number of fused-ring (bicyclic) bond motifs is 2. The molecule has 0 unspecified atom stereocenters. The van der Waals surface area contributed by atoms with Crippen molar-refractivity contribution in [3.8, 4) is 28.1 Å². The number of hydrogen-bond donors (Lipinski definition) is 1. The SMILES string of the molecule is COc1cc(OCC(=O)NCC2CCC2)c2cc(-c3cn4nc(OC)sc4n3)nn2c1. The van der Waals surface area contributed by atoms with Crippen LogP contribution in [0.25, 0.3) is 21.9 Å². The molecule has 0 atom stereocenters. The molecule has 0 aliphatic heterocycles. The molecule has 1 amide bonds. The zero-order valence-electron chi connectivity index (χ0n) is 17.2. The molecule has 1 fully saturated rings. The molecule has 5 rings (SSSR count). The number of pyridine rings is 1. The Labute approximate surface area is 181 Å². The van der Waals surface area contributed by atoms with Gasteiger partial charge in [0.1, 0.15) is 28.4 Å². The van der Waals surface area contributed by atoms with Crippen LogP contribution < -0.4 is 19.5 Å². The molecule has 31 heavy (non-hydrogen) atoms. The van der Waals surface area contributed by atoms with Crippen LogP contribution in [0.1, 0.15) is 19.3 Å². The minimum absolute atomic E-state index is 0.0695. The van der Waals surface area contributed by atoms with Gasteiger partial charge in [0.2, 0.25) is 4.96 Å². The first kappa shape index (κ1) is 19.6. The van der Waals surface area contributed by atoms with E-state index in [0.717, 1.165) is 0 Å². The Kier molecular flexibility index (Phi) is 5.10. The number of nitrogens with one attached hydrogen (secondary N) is 1. The summed E-state index contributed by atoms with van der Waals surface area (Å²) < 4.78 is 19.7. The van der Waals surface area contributed by atoms with Gasteiger partial charge in [0.05, 0.1) is 26.6 Å². The van der Waals surface area contributed by atoms with Crippen LogP contribution in [-0.4, -0.2) is 57.5 Å². The molecule has 11 heteroatoms. The maximum Gasteiger partial charge on any atom is 0.294 e. The van der Waals surface area contributed by atoms with Crippen molar-refractivity contribution in [2.45, 2.75) is 19.3 Å². The lowest BCUT2D eigenvalue weighted by molar-refractivity contribution is -0.123. The van der Waals surface area contributed by atoms with Crippen LogP contribution in [0.4, 0.5) is 0 Å². The molecule has 0 bridgehead atoms. The highest BCUT2D eigenvalue weighted by atomic mass is 32.1. The predicted molar refractivity (Wildman–Crippen MR) is 114 cm³/mol. The molecule has 4 aromatic rings. The van der Waals surface area contributed by atoms with Crippen molar-refractivity contribution in [2.24, 2.45) is 5.92 Å². The molecule has 0 saturated heterocycles. The number of hydrogen-bond acceptors (Lipinski definition) is 8. The first-order valence-corrected chi connectivity index (χ1v) is 10.8. The summed E-state index contributed by atoms with van der Waals surface area (Å²) in [5, 5.41) is 12.4. The van der Waals surface area contributed by atoms with Gasteiger partial charge in [-0.1, -0.05) is 6.42 Å². The molecule has 1 aliphatic rings. The molecule has 4 heterocycles. The zero-order valence-corrected chi connectivity index (χ0v) is 18.0. The van der Waals surface area contributed by atoms with Crippen molar-refractivity contribution < 1.29 is 19.0 Å². The number of carbonyl (C=O) groups is 1. The highest BCUT2D eigenvalue weighted by molar-refractivity contribution is 7.18. The normalized spacial score (nSPS) is 14.0. The van der Waals surface area contributed by atoms with Gasteiger partial charge in [-0.2, -0.15) is 5.10 Å². The van der Waals surface area contributed by atoms with Crippen LogP contribution in [0, 0.1) is 5.92 Å². The third-order valence-corrected chi connectivity index (χ3v) is 6.26. The maximum atomic E-state index is 12.2. The number of aromatic nitrogens is 5. The Morgan fingerprint density at radius 2 is 2.03 bits per heavy atom. The van der Waals surface area contributed by atoms with Crippen molar-refractivity contribution >= 4 is 27.7 Å². The lowest BCUT2D eigenvalue weighted by Gasteiger charge is -2.25. The Balaban J connectivity index is 1.38. The van der Waals surface area contributed by atoms with Crippen LogP contribution in [-0.2, 0) is 4.79 Å². The number of nitrogens with zero attached hydrogens (tertiary/aromatic N) is 5. The van der Waals surface area contributed by atoms with Gasteiger partial charge in [0, 0.05) is 12.6 Å². The predicted octanol–water partition coefficient (Wildman–Crippen LogP) is 2.42. The van der Waals surface area contributed by atoms with Gasteiger partial charge in [-0.05, 0) is 36.2 Å². The van der Waals surface area contributed by atoms with Crippen molar-refractivity contribution in [1.29, 1.82) is 0 Å². The van der Waals surface area contributed by atoms with Crippen LogP contribution in [0.3, 0.4) is 0 Å². The molecule has 0 radical (unpaired) electrons. The Bertz CT molecular complexity index is 1210. The summed E-state index contributed by atoms with van der Waals surface area (Å²) in [5.41, 5.74) is 2.04. The molecule has 1 N–H and O–H groups in total. The van der Waals surface area contributed by atoms with Crippen molar-refractivity contribution in [2.75, 3.05) is 27.4 Å². The van der Waals surface area contributed by atoms with E-state index in [2.05, 4.69) is 20.5 Å². The summed E-state index contributed by atoms with van der Waals surface area (Å²) in [6.07, 6.45) is 7.17. The monoisotopic (exact) mass is 442 g/mol. The molecule has 1 saturated carbocycles. The molecular weight excluding hydrogens is 420 g/mol. The Morgan fingerprint density at radius 3 is 2.74 bits per heavy atom. The Morgan fingerprint density at radius 1 is 1.16 bits per heavy atom. The maximum absolute atomic E-state index is 12.2. The summed E-state index contributed by atoms with van der Waals surface area (Å²) >= 11 is 1.35. The van der Waals surface area contributed by atoms with Gasteiger partial charge >= 0.3 is 0 Å². The summed E-state index contributed by atoms with van der Waals surface area (Å²) in [7, 11) is 3.15. The first-order valence-electron chi connectivity index (χ1n) is 10.0. The summed E-state index contributed by atoms with van der Waals surface area (Å²) in [6.45, 7) is 0.642. The second-order valence-corrected chi connectivity index (χ2v) is 8.34. The first-order chi connectivity index (χ1) is 15.1. The standard InChI is InChI=1S/C20H22N6O4S/c1-28-13-6-17(30-11-18(27)21-8-12-4-3-5-12)16-7-14(23-25(16)9-13)15-10-26-19(22-15)31-20(24-26)29-2/h6-7,9-10,12H,3-5,8,11H2,1-2H3,(H,21,27). The van der Waals surface area contributed by atoms with Gasteiger partial charge < -0.3 is 19.5 Å². The van der Waals surface area contributed by atoms with Crippen molar-refractivity contribution in [3.05, 3.63) is 24.5 Å². The van der Waals surface area contributed by atoms with E-state index in [1.807, 2.05) is 6.07 Å². The van der Waals surface area contributed by atoms with E-state index in [-0.39, 0.29) is 12.5 Å². The van der Waals surface area contributed by atoms with E-state index in [9.17, 15) is 4.79 Å². The topological polar surface area (TPSA) is 104 Å². The second-order valence-electron chi connectivity index (χ2n) is 7.42. The van der Waals surface area contributed by atoms with E-state index in [1.54, 1.807) is 41.7 Å². The average Bonchev–Trinajstić information content (AvgIpc) is 3.42. The Hall–Kier alpha value is -3.34. The fourth-order valence-corrected chi connectivity index (χ4v) is 4.13. The number of imidazole rings is 1. The van der Waals surface area contributed by atoms with E-state index in [1.165, 1.54) is 30.6 Å². The number of amides is 1. The van der Waals surface area contributed by atoms with Crippen LogP contribution in [0.5, 0.6) is 16.7 Å². The lowest BCUT2D eigenvalue weighted by atomic mass is 9.85. The second kappa shape index (κ2) is 8.06. The quantitative estimate of drug-likeness (QED) is 0.447. The molecule has 4 aromatic heterocycles.